The van der Waals surface area contributed by atoms with E-state index >= 15 is 0 Å². The molecule has 3 rings (SSSR count). The fourth-order valence-corrected chi connectivity index (χ4v) is 3.98. The van der Waals surface area contributed by atoms with Crippen LogP contribution in [-0.2, 0) is 19.1 Å². The molecule has 1 aromatic heterocycles. The molecule has 1 aromatic rings. The van der Waals surface area contributed by atoms with E-state index in [4.69, 9.17) is 19.8 Å². The number of carbonyl (C=O) groups is 4. The highest BCUT2D eigenvalue weighted by Gasteiger charge is 2.42. The Labute approximate surface area is 245 Å². The van der Waals surface area contributed by atoms with Crippen LogP contribution in [0.2, 0.25) is 0 Å². The second-order valence-electron chi connectivity index (χ2n) is 12.3. The summed E-state index contributed by atoms with van der Waals surface area (Å²) in [7, 11) is 0. The molecule has 0 spiro atoms. The maximum atomic E-state index is 12.3. The van der Waals surface area contributed by atoms with E-state index in [1.54, 1.807) is 41.5 Å². The summed E-state index contributed by atoms with van der Waals surface area (Å²) >= 11 is 0. The molecule has 0 atom stereocenters. The molecule has 0 bridgehead atoms. The second-order valence-corrected chi connectivity index (χ2v) is 12.3. The molecule has 0 radical (unpaired) electrons. The summed E-state index contributed by atoms with van der Waals surface area (Å²) in [4.78, 5) is 53.7. The number of carboxylic acid groups (broad SMARTS) is 1. The number of aliphatic hydroxyl groups is 2. The van der Waals surface area contributed by atoms with Crippen molar-refractivity contribution in [1.29, 1.82) is 5.26 Å². The van der Waals surface area contributed by atoms with Crippen molar-refractivity contribution in [2.24, 2.45) is 0 Å². The zero-order valence-corrected chi connectivity index (χ0v) is 25.0. The van der Waals surface area contributed by atoms with Gasteiger partial charge >= 0.3 is 18.2 Å². The average molecular weight is 592 g/mol. The quantitative estimate of drug-likeness (QED) is 0.402. The first-order chi connectivity index (χ1) is 19.3. The van der Waals surface area contributed by atoms with Gasteiger partial charge in [0.2, 0.25) is 0 Å². The summed E-state index contributed by atoms with van der Waals surface area (Å²) in [6, 6.07) is 4.96. The number of hydrogen-bond donors (Lipinski definition) is 4. The third-order valence-electron chi connectivity index (χ3n) is 6.44. The number of carboxylic acids is 1. The number of nitriles is 1. The van der Waals surface area contributed by atoms with E-state index in [1.807, 2.05) is 6.07 Å². The number of pyridine rings is 1. The van der Waals surface area contributed by atoms with E-state index < -0.39 is 46.5 Å². The first-order valence-corrected chi connectivity index (χ1v) is 13.6. The molecule has 0 unspecified atom stereocenters. The largest absolute Gasteiger partial charge is 0.479 e. The van der Waals surface area contributed by atoms with Gasteiger partial charge in [0, 0.05) is 58.1 Å². The summed E-state index contributed by atoms with van der Waals surface area (Å²) in [5.41, 5.74) is -4.07. The smallest absolute Gasteiger partial charge is 0.410 e. The second kappa shape index (κ2) is 13.3. The summed E-state index contributed by atoms with van der Waals surface area (Å²) in [5, 5.41) is 40.4. The Morgan fingerprint density at radius 2 is 1.29 bits per heavy atom. The Morgan fingerprint density at radius 3 is 1.62 bits per heavy atom. The first kappa shape index (κ1) is 34.2. The number of anilines is 1. The lowest BCUT2D eigenvalue weighted by Crippen LogP contribution is -2.53. The SMILES string of the molecule is CC(C)(C)OC(=O)N1CCC(O)(C(=O)Nc2ccc(C#N)cn2)CC1.CC(C)(C)OC(=O)N1CCC(O)(C(=O)O)CC1. The standard InChI is InChI=1S/C17H22N4O4.C11H19NO5/c1-16(2,3)25-15(23)21-8-6-17(24,7-9-21)14(22)20-13-5-4-12(10-18)11-19-13;1-10(2,3)17-9(15)12-6-4-11(16,5-7-12)8(13)14/h4-5,11,24H,6-9H2,1-3H3,(H,19,20,22);16H,4-7H2,1-3H3,(H,13,14). The number of nitrogens with one attached hydrogen (secondary N) is 1. The zero-order valence-electron chi connectivity index (χ0n) is 25.0. The number of likely N-dealkylation sites (tertiary alicyclic amines) is 2. The number of piperidine rings is 2. The number of hydrogen-bond acceptors (Lipinski definition) is 10. The molecule has 14 nitrogen and oxygen atoms in total. The lowest BCUT2D eigenvalue weighted by molar-refractivity contribution is -0.163. The van der Waals surface area contributed by atoms with E-state index in [9.17, 15) is 29.4 Å². The van der Waals surface area contributed by atoms with Gasteiger partial charge in [0.15, 0.2) is 5.60 Å². The molecule has 2 saturated heterocycles. The van der Waals surface area contributed by atoms with Crippen LogP contribution in [0.25, 0.3) is 0 Å². The fraction of sp³-hybridized carbons (Fsp3) is 0.643. The van der Waals surface area contributed by atoms with Gasteiger partial charge in [0.25, 0.3) is 5.91 Å². The van der Waals surface area contributed by atoms with Crippen LogP contribution in [-0.4, -0.2) is 103 Å². The minimum Gasteiger partial charge on any atom is -0.479 e. The van der Waals surface area contributed by atoms with E-state index in [2.05, 4.69) is 10.3 Å². The maximum absolute atomic E-state index is 12.3. The molecular formula is C28H41N5O9. The average Bonchev–Trinajstić information content (AvgIpc) is 2.88. The van der Waals surface area contributed by atoms with Crippen LogP contribution in [0, 0.1) is 11.3 Å². The third-order valence-corrected chi connectivity index (χ3v) is 6.44. The van der Waals surface area contributed by atoms with Crippen molar-refractivity contribution >= 4 is 29.9 Å². The number of amides is 3. The highest BCUT2D eigenvalue weighted by atomic mass is 16.6. The maximum Gasteiger partial charge on any atom is 0.410 e. The summed E-state index contributed by atoms with van der Waals surface area (Å²) in [6.45, 7) is 11.5. The zero-order chi connectivity index (χ0) is 31.9. The molecule has 42 heavy (non-hydrogen) atoms. The van der Waals surface area contributed by atoms with Crippen LogP contribution in [0.4, 0.5) is 15.4 Å². The minimum absolute atomic E-state index is 0.0293. The Hall–Kier alpha value is -3.96. The number of rotatable bonds is 3. The molecule has 0 aromatic carbocycles. The highest BCUT2D eigenvalue weighted by Crippen LogP contribution is 2.26. The fourth-order valence-electron chi connectivity index (χ4n) is 3.98. The van der Waals surface area contributed by atoms with Crippen LogP contribution in [0.15, 0.2) is 18.3 Å². The Balaban J connectivity index is 0.000000317. The van der Waals surface area contributed by atoms with Gasteiger partial charge in [-0.05, 0) is 53.7 Å². The van der Waals surface area contributed by atoms with Gasteiger partial charge in [0.1, 0.15) is 28.7 Å². The van der Waals surface area contributed by atoms with Gasteiger partial charge in [-0.25, -0.2) is 19.4 Å². The Bertz CT molecular complexity index is 1170. The predicted octanol–water partition coefficient (Wildman–Crippen LogP) is 2.49. The van der Waals surface area contributed by atoms with Crippen molar-refractivity contribution in [3.63, 3.8) is 0 Å². The number of aliphatic carboxylic acids is 1. The summed E-state index contributed by atoms with van der Waals surface area (Å²) < 4.78 is 10.5. The molecule has 4 N–H and O–H groups in total. The molecule has 3 amide bonds. The van der Waals surface area contributed by atoms with E-state index in [0.29, 0.717) is 5.56 Å². The van der Waals surface area contributed by atoms with E-state index in [0.717, 1.165) is 0 Å². The van der Waals surface area contributed by atoms with Gasteiger partial charge in [-0.15, -0.1) is 0 Å². The number of aromatic nitrogens is 1. The predicted molar refractivity (Wildman–Crippen MR) is 149 cm³/mol. The molecule has 2 aliphatic rings. The van der Waals surface area contributed by atoms with Crippen molar-refractivity contribution in [3.05, 3.63) is 23.9 Å². The number of nitrogens with zero attached hydrogens (tertiary/aromatic N) is 4. The van der Waals surface area contributed by atoms with Gasteiger partial charge < -0.3 is 39.9 Å². The Kier molecular flexibility index (Phi) is 10.9. The van der Waals surface area contributed by atoms with Gasteiger partial charge in [-0.1, -0.05) is 0 Å². The molecule has 0 saturated carbocycles. The molecule has 232 valence electrons. The van der Waals surface area contributed by atoms with E-state index in [1.165, 1.54) is 28.1 Å². The topological polar surface area (TPSA) is 203 Å². The van der Waals surface area contributed by atoms with E-state index in [-0.39, 0.29) is 57.7 Å². The highest BCUT2D eigenvalue weighted by molar-refractivity contribution is 5.96. The number of carbonyl (C=O) groups excluding carboxylic acids is 3. The summed E-state index contributed by atoms with van der Waals surface area (Å²) in [6.07, 6.45) is 0.685. The lowest BCUT2D eigenvalue weighted by atomic mass is 9.90. The van der Waals surface area contributed by atoms with Gasteiger partial charge in [-0.3, -0.25) is 4.79 Å². The molecule has 0 aliphatic carbocycles. The van der Waals surface area contributed by atoms with Crippen LogP contribution < -0.4 is 5.32 Å². The van der Waals surface area contributed by atoms with Crippen molar-refractivity contribution in [2.45, 2.75) is 89.6 Å². The molecule has 3 heterocycles. The van der Waals surface area contributed by atoms with Gasteiger partial charge in [-0.2, -0.15) is 5.26 Å². The van der Waals surface area contributed by atoms with Crippen LogP contribution in [0.1, 0.15) is 72.8 Å². The van der Waals surface area contributed by atoms with Crippen molar-refractivity contribution in [2.75, 3.05) is 31.5 Å². The minimum atomic E-state index is -1.71. The molecular weight excluding hydrogens is 550 g/mol. The lowest BCUT2D eigenvalue weighted by Gasteiger charge is -2.37. The Morgan fingerprint density at radius 1 is 0.857 bits per heavy atom. The van der Waals surface area contributed by atoms with Crippen LogP contribution >= 0.6 is 0 Å². The molecule has 2 aliphatic heterocycles. The van der Waals surface area contributed by atoms with Crippen LogP contribution in [0.3, 0.4) is 0 Å². The monoisotopic (exact) mass is 591 g/mol. The first-order valence-electron chi connectivity index (χ1n) is 13.6. The summed E-state index contributed by atoms with van der Waals surface area (Å²) in [5.74, 6) is -1.55. The molecule has 2 fully saturated rings. The number of ether oxygens (including phenoxy) is 2. The van der Waals surface area contributed by atoms with Crippen LogP contribution in [0.5, 0.6) is 0 Å². The van der Waals surface area contributed by atoms with Crippen molar-refractivity contribution < 1.29 is 44.0 Å². The normalized spacial score (nSPS) is 18.0. The third kappa shape index (κ3) is 10.1. The van der Waals surface area contributed by atoms with Crippen molar-refractivity contribution in [1.82, 2.24) is 14.8 Å². The molecule has 14 heteroatoms. The van der Waals surface area contributed by atoms with Crippen molar-refractivity contribution in [3.8, 4) is 6.07 Å². The van der Waals surface area contributed by atoms with Gasteiger partial charge in [0.05, 0.1) is 5.56 Å².